The molecule has 0 saturated heterocycles. The molecule has 0 saturated carbocycles. The Labute approximate surface area is 133 Å². The largest absolute Gasteiger partial charge is 4.00 e. The van der Waals surface area contributed by atoms with Gasteiger partial charge in [0.2, 0.25) is 0 Å². The monoisotopic (exact) mass is 304 g/mol. The first-order chi connectivity index (χ1) is 8.35. The molecule has 0 fully saturated rings. The first-order valence-corrected chi connectivity index (χ1v) is 5.60. The molecule has 1 rings (SSSR count). The molecule has 0 spiro atoms. The van der Waals surface area contributed by atoms with Crippen molar-refractivity contribution in [1.29, 1.82) is 0 Å². The summed E-state index contributed by atoms with van der Waals surface area (Å²) in [5, 5.41) is 18.0. The predicted molar refractivity (Wildman–Crippen MR) is 79.7 cm³/mol. The van der Waals surface area contributed by atoms with Crippen molar-refractivity contribution in [1.82, 2.24) is 15.2 Å². The van der Waals surface area contributed by atoms with Crippen LogP contribution in [0.25, 0.3) is 16.0 Å². The van der Waals surface area contributed by atoms with E-state index in [-0.39, 0.29) is 27.1 Å². The fraction of sp³-hybridized carbons (Fsp3) is 0.833. The van der Waals surface area contributed by atoms with Gasteiger partial charge in [-0.1, -0.05) is 27.1 Å². The van der Waals surface area contributed by atoms with Crippen LogP contribution in [0.4, 0.5) is 0 Å². The van der Waals surface area contributed by atoms with Gasteiger partial charge in [0.1, 0.15) is 0 Å². The van der Waals surface area contributed by atoms with Gasteiger partial charge in [0.15, 0.2) is 0 Å². The van der Waals surface area contributed by atoms with E-state index >= 15 is 0 Å². The Bertz CT molecular complexity index is 216. The average molecular weight is 304 g/mol. The van der Waals surface area contributed by atoms with Crippen molar-refractivity contribution in [3.63, 3.8) is 0 Å². The quantitative estimate of drug-likeness (QED) is 0.691. The van der Waals surface area contributed by atoms with Gasteiger partial charge >= 0.3 is 21.7 Å². The van der Waals surface area contributed by atoms with Crippen molar-refractivity contribution in [2.75, 3.05) is 42.3 Å². The van der Waals surface area contributed by atoms with Crippen molar-refractivity contribution in [3.05, 3.63) is 28.1 Å². The van der Waals surface area contributed by atoms with E-state index in [1.165, 1.54) is 6.33 Å². The maximum Gasteiger partial charge on any atom is 4.00 e. The molecule has 0 N–H and O–H groups in total. The van der Waals surface area contributed by atoms with Gasteiger partial charge in [0.05, 0.1) is 0 Å². The van der Waals surface area contributed by atoms with E-state index in [0.717, 1.165) is 5.82 Å². The van der Waals surface area contributed by atoms with E-state index < -0.39 is 0 Å². The summed E-state index contributed by atoms with van der Waals surface area (Å²) in [4.78, 5) is 3.97. The summed E-state index contributed by atoms with van der Waals surface area (Å²) in [5.74, 6) is 0.808. The third-order valence-corrected chi connectivity index (χ3v) is 1.05. The Kier molecular flexibility index (Phi) is 28.7. The van der Waals surface area contributed by atoms with E-state index in [9.17, 15) is 0 Å². The Hall–Kier alpha value is -0.266. The molecule has 0 aliphatic carbocycles. The van der Waals surface area contributed by atoms with Crippen molar-refractivity contribution in [2.45, 2.75) is 26.2 Å². The van der Waals surface area contributed by atoms with Gasteiger partial charge in [0, 0.05) is 11.2 Å². The molecule has 0 unspecified atom stereocenters. The zero-order valence-electron chi connectivity index (χ0n) is 13.8. The molecule has 0 atom stereocenters. The molecule has 19 heavy (non-hydrogen) atoms. The van der Waals surface area contributed by atoms with Crippen molar-refractivity contribution < 1.29 is 21.7 Å². The molecule has 0 amide bonds. The Balaban J connectivity index is -0.0000000956. The van der Waals surface area contributed by atoms with Crippen LogP contribution in [0.3, 0.4) is 0 Å². The van der Waals surface area contributed by atoms with Crippen molar-refractivity contribution in [3.8, 4) is 0 Å². The molecule has 6 nitrogen and oxygen atoms in total. The Morgan fingerprint density at radius 3 is 1.32 bits per heavy atom. The minimum atomic E-state index is 0. The van der Waals surface area contributed by atoms with Crippen LogP contribution < -0.4 is 5.10 Å². The van der Waals surface area contributed by atoms with Crippen LogP contribution in [-0.4, -0.2) is 52.4 Å². The topological polar surface area (TPSA) is 82.2 Å². The average Bonchev–Trinajstić information content (AvgIpc) is 2.72. The molecule has 0 aliphatic heterocycles. The molecule has 110 valence electrons. The second-order valence-corrected chi connectivity index (χ2v) is 4.38. The first kappa shape index (κ1) is 27.1. The summed E-state index contributed by atoms with van der Waals surface area (Å²) in [6, 6.07) is 0. The van der Waals surface area contributed by atoms with Gasteiger partial charge in [-0.2, -0.15) is 42.3 Å². The zero-order valence-corrected chi connectivity index (χ0v) is 15.3. The van der Waals surface area contributed by atoms with Gasteiger partial charge in [-0.3, -0.25) is 5.10 Å². The van der Waals surface area contributed by atoms with Gasteiger partial charge in [0.25, 0.3) is 0 Å². The van der Waals surface area contributed by atoms with Gasteiger partial charge in [-0.05, 0) is 0 Å². The van der Waals surface area contributed by atoms with Crippen LogP contribution in [0.5, 0.6) is 0 Å². The predicted octanol–water partition coefficient (Wildman–Crippen LogP) is 2.59. The van der Waals surface area contributed by atoms with E-state index in [2.05, 4.69) is 51.9 Å². The van der Waals surface area contributed by atoms with Crippen LogP contribution >= 0.6 is 0 Å². The third-order valence-electron chi connectivity index (χ3n) is 1.05. The summed E-state index contributed by atoms with van der Waals surface area (Å²) >= 11 is 0. The molecular formula is C12H28N6Ti. The Morgan fingerprint density at radius 2 is 1.21 bits per heavy atom. The summed E-state index contributed by atoms with van der Waals surface area (Å²) in [6.07, 6.45) is 1.47. The maximum absolute atomic E-state index is 3.97. The van der Waals surface area contributed by atoms with E-state index in [4.69, 9.17) is 0 Å². The number of hydrogen-bond donors (Lipinski definition) is 0. The molecule has 1 aromatic heterocycles. The minimum Gasteiger partial charge on any atom is -0.668 e. The minimum absolute atomic E-state index is 0. The molecule has 1 heterocycles. The smallest absolute Gasteiger partial charge is 0.668 e. The molecule has 1 aromatic rings. The second kappa shape index (κ2) is 20.1. The van der Waals surface area contributed by atoms with E-state index in [1.54, 1.807) is 42.3 Å². The SMILES string of the molecule is CC(C)(C)c1nc[n-]n1.C[N-]C.C[N-]C.C[N-]C.[Ti+4]. The van der Waals surface area contributed by atoms with Crippen LogP contribution in [0.15, 0.2) is 6.33 Å². The Morgan fingerprint density at radius 1 is 0.895 bits per heavy atom. The standard InChI is InChI=1S/C6H10N3.3C2H6N.Ti/c1-6(2,3)5-7-4-8-9-5;3*1-3-2;/h4H,1-3H3;3*1-2H3;/q4*-1;+4. The first-order valence-electron chi connectivity index (χ1n) is 5.60. The van der Waals surface area contributed by atoms with Crippen LogP contribution in [0.2, 0.25) is 0 Å². The summed E-state index contributed by atoms with van der Waals surface area (Å²) in [6.45, 7) is 6.18. The zero-order chi connectivity index (χ0) is 15.0. The molecule has 0 aromatic carbocycles. The summed E-state index contributed by atoms with van der Waals surface area (Å²) < 4.78 is 0. The maximum atomic E-state index is 3.97. The van der Waals surface area contributed by atoms with Gasteiger partial charge in [-0.15, -0.1) is 0 Å². The van der Waals surface area contributed by atoms with Gasteiger partial charge in [-0.25, -0.2) is 0 Å². The van der Waals surface area contributed by atoms with Crippen LogP contribution in [0.1, 0.15) is 26.6 Å². The van der Waals surface area contributed by atoms with Gasteiger partial charge < -0.3 is 26.0 Å². The fourth-order valence-electron chi connectivity index (χ4n) is 0.530. The normalized spacial score (nSPS) is 8.47. The second-order valence-electron chi connectivity index (χ2n) is 4.38. The summed E-state index contributed by atoms with van der Waals surface area (Å²) in [5.41, 5.74) is 0.0382. The molecule has 0 radical (unpaired) electrons. The third kappa shape index (κ3) is 27.1. The van der Waals surface area contributed by atoms with Crippen molar-refractivity contribution >= 4 is 0 Å². The number of rotatable bonds is 0. The summed E-state index contributed by atoms with van der Waals surface area (Å²) in [7, 11) is 10.5. The van der Waals surface area contributed by atoms with Crippen molar-refractivity contribution in [2.24, 2.45) is 0 Å². The molecule has 0 aliphatic rings. The van der Waals surface area contributed by atoms with E-state index in [0.29, 0.717) is 0 Å². The molecular weight excluding hydrogens is 276 g/mol. The fourth-order valence-corrected chi connectivity index (χ4v) is 0.530. The van der Waals surface area contributed by atoms with Crippen LogP contribution in [-0.2, 0) is 27.1 Å². The van der Waals surface area contributed by atoms with E-state index in [1.807, 2.05) is 0 Å². The molecule has 0 bridgehead atoms. The number of hydrogen-bond acceptors (Lipinski definition) is 2. The van der Waals surface area contributed by atoms with Crippen LogP contribution in [0, 0.1) is 0 Å². The number of nitrogens with zero attached hydrogens (tertiary/aromatic N) is 6. The molecule has 7 heteroatoms. The number of aromatic nitrogens is 3.